The van der Waals surface area contributed by atoms with Crippen molar-refractivity contribution < 1.29 is 9.13 Å². The summed E-state index contributed by atoms with van der Waals surface area (Å²) < 4.78 is 20.8. The van der Waals surface area contributed by atoms with Gasteiger partial charge in [0.1, 0.15) is 34.9 Å². The summed E-state index contributed by atoms with van der Waals surface area (Å²) in [5, 5.41) is 3.41. The number of amidine groups is 1. The summed E-state index contributed by atoms with van der Waals surface area (Å²) in [5.41, 5.74) is 10.8. The topological polar surface area (TPSA) is 103 Å². The number of nitrogens with two attached hydrogens (primary N) is 1. The van der Waals surface area contributed by atoms with Gasteiger partial charge in [-0.2, -0.15) is 0 Å². The van der Waals surface area contributed by atoms with E-state index in [1.165, 1.54) is 18.5 Å². The minimum Gasteiger partial charge on any atom is -0.494 e. The van der Waals surface area contributed by atoms with Crippen molar-refractivity contribution in [2.45, 2.75) is 13.8 Å². The average Bonchev–Trinajstić information content (AvgIpc) is 3.11. The van der Waals surface area contributed by atoms with Gasteiger partial charge in [0.15, 0.2) is 5.65 Å². The van der Waals surface area contributed by atoms with E-state index in [0.29, 0.717) is 28.6 Å². The van der Waals surface area contributed by atoms with E-state index in [9.17, 15) is 4.39 Å². The molecule has 0 bridgehead atoms. The van der Waals surface area contributed by atoms with Crippen molar-refractivity contribution in [3.8, 4) is 17.1 Å². The van der Waals surface area contributed by atoms with Crippen molar-refractivity contribution in [3.05, 3.63) is 60.0 Å². The molecule has 2 heterocycles. The smallest absolute Gasteiger partial charge is 0.162 e. The third-order valence-electron chi connectivity index (χ3n) is 4.97. The second kappa shape index (κ2) is 9.07. The van der Waals surface area contributed by atoms with Crippen molar-refractivity contribution in [1.29, 1.82) is 0 Å². The highest BCUT2D eigenvalue weighted by molar-refractivity contribution is 5.91. The quantitative estimate of drug-likeness (QED) is 0.326. The van der Waals surface area contributed by atoms with E-state index in [4.69, 9.17) is 15.5 Å². The van der Waals surface area contributed by atoms with E-state index in [0.717, 1.165) is 28.3 Å². The van der Waals surface area contributed by atoms with Gasteiger partial charge < -0.3 is 20.4 Å². The SMILES string of the molecule is COc1cc(Nc2cc(C)nc3c2nc(-c2ccc(F)cc2)n3C)ccc1N=CN=C(C)N. The van der Waals surface area contributed by atoms with Crippen LogP contribution in [0.15, 0.2) is 58.5 Å². The van der Waals surface area contributed by atoms with Crippen molar-refractivity contribution in [2.24, 2.45) is 22.8 Å². The summed E-state index contributed by atoms with van der Waals surface area (Å²) in [4.78, 5) is 17.7. The fraction of sp³-hybridized carbons (Fsp3) is 0.167. The van der Waals surface area contributed by atoms with Gasteiger partial charge in [-0.3, -0.25) is 0 Å². The normalized spacial score (nSPS) is 12.0. The Morgan fingerprint density at radius 3 is 2.61 bits per heavy atom. The standard InChI is InChI=1S/C24H24FN7O/c1-14-11-20(30-18-9-10-19(21(12-18)33-4)28-13-27-15(2)26)22-24(29-14)32(3)23(31-22)16-5-7-17(25)8-6-16/h5-13H,1-4H3,(H,29,30)(H2,26,27,28). The van der Waals surface area contributed by atoms with Crippen LogP contribution in [-0.4, -0.2) is 33.8 Å². The average molecular weight is 446 g/mol. The first-order valence-corrected chi connectivity index (χ1v) is 10.2. The Kier molecular flexibility index (Phi) is 6.03. The zero-order chi connectivity index (χ0) is 23.5. The lowest BCUT2D eigenvalue weighted by molar-refractivity contribution is 0.416. The van der Waals surface area contributed by atoms with Gasteiger partial charge in [-0.1, -0.05) is 0 Å². The molecule has 0 unspecified atom stereocenters. The van der Waals surface area contributed by atoms with Crippen LogP contribution in [0.4, 0.5) is 21.5 Å². The molecular formula is C24H24FN7O. The molecule has 0 aliphatic rings. The molecule has 0 saturated heterocycles. The third kappa shape index (κ3) is 4.67. The van der Waals surface area contributed by atoms with E-state index < -0.39 is 0 Å². The molecule has 0 spiro atoms. The largest absolute Gasteiger partial charge is 0.494 e. The number of rotatable bonds is 6. The predicted octanol–water partition coefficient (Wildman–Crippen LogP) is 4.87. The van der Waals surface area contributed by atoms with Gasteiger partial charge in [0.2, 0.25) is 0 Å². The Hall–Kier alpha value is -4.27. The molecule has 2 aromatic heterocycles. The van der Waals surface area contributed by atoms with E-state index in [1.807, 2.05) is 42.8 Å². The van der Waals surface area contributed by atoms with Gasteiger partial charge in [-0.05, 0) is 56.3 Å². The molecule has 9 heteroatoms. The highest BCUT2D eigenvalue weighted by atomic mass is 19.1. The Labute approximate surface area is 190 Å². The first kappa shape index (κ1) is 21.9. The van der Waals surface area contributed by atoms with Crippen LogP contribution in [0, 0.1) is 12.7 Å². The van der Waals surface area contributed by atoms with Crippen LogP contribution in [0.2, 0.25) is 0 Å². The molecule has 168 valence electrons. The molecular weight excluding hydrogens is 421 g/mol. The molecule has 0 aliphatic carbocycles. The monoisotopic (exact) mass is 445 g/mol. The Bertz CT molecular complexity index is 1370. The number of pyridine rings is 1. The van der Waals surface area contributed by atoms with Crippen LogP contribution < -0.4 is 15.8 Å². The highest BCUT2D eigenvalue weighted by Gasteiger charge is 2.16. The number of methoxy groups -OCH3 is 1. The molecule has 33 heavy (non-hydrogen) atoms. The van der Waals surface area contributed by atoms with Crippen molar-refractivity contribution in [1.82, 2.24) is 14.5 Å². The predicted molar refractivity (Wildman–Crippen MR) is 130 cm³/mol. The molecule has 0 aliphatic heterocycles. The van der Waals surface area contributed by atoms with Crippen LogP contribution in [0.25, 0.3) is 22.6 Å². The van der Waals surface area contributed by atoms with Crippen LogP contribution >= 0.6 is 0 Å². The summed E-state index contributed by atoms with van der Waals surface area (Å²) >= 11 is 0. The number of fused-ring (bicyclic) bond motifs is 1. The van der Waals surface area contributed by atoms with E-state index in [1.54, 1.807) is 26.2 Å². The first-order chi connectivity index (χ1) is 15.9. The number of hydrogen-bond donors (Lipinski definition) is 2. The number of ether oxygens (including phenoxy) is 1. The van der Waals surface area contributed by atoms with Crippen LogP contribution in [0.1, 0.15) is 12.6 Å². The van der Waals surface area contributed by atoms with E-state index in [-0.39, 0.29) is 5.82 Å². The Morgan fingerprint density at radius 2 is 1.91 bits per heavy atom. The zero-order valence-corrected chi connectivity index (χ0v) is 18.8. The molecule has 3 N–H and O–H groups in total. The molecule has 4 rings (SSSR count). The van der Waals surface area contributed by atoms with E-state index in [2.05, 4.69) is 20.3 Å². The molecule has 2 aromatic carbocycles. The maximum atomic E-state index is 13.4. The minimum absolute atomic E-state index is 0.291. The van der Waals surface area contributed by atoms with Crippen molar-refractivity contribution >= 4 is 40.4 Å². The second-order valence-electron chi connectivity index (χ2n) is 7.51. The molecule has 0 fully saturated rings. The Morgan fingerprint density at radius 1 is 1.15 bits per heavy atom. The Balaban J connectivity index is 1.73. The maximum absolute atomic E-state index is 13.4. The second-order valence-corrected chi connectivity index (χ2v) is 7.51. The number of nitrogens with zero attached hydrogens (tertiary/aromatic N) is 5. The van der Waals surface area contributed by atoms with Gasteiger partial charge in [-0.15, -0.1) is 0 Å². The molecule has 0 amide bonds. The summed E-state index contributed by atoms with van der Waals surface area (Å²) in [7, 11) is 3.48. The lowest BCUT2D eigenvalue weighted by atomic mass is 10.2. The molecule has 4 aromatic rings. The number of anilines is 2. The zero-order valence-electron chi connectivity index (χ0n) is 18.8. The van der Waals surface area contributed by atoms with Crippen LogP contribution in [-0.2, 0) is 7.05 Å². The molecule has 0 radical (unpaired) electrons. The van der Waals surface area contributed by atoms with Gasteiger partial charge in [0.25, 0.3) is 0 Å². The summed E-state index contributed by atoms with van der Waals surface area (Å²) in [6.45, 7) is 3.61. The van der Waals surface area contributed by atoms with Crippen molar-refractivity contribution in [3.63, 3.8) is 0 Å². The van der Waals surface area contributed by atoms with Gasteiger partial charge >= 0.3 is 0 Å². The number of imidazole rings is 1. The number of aliphatic imine (C=N–C) groups is 2. The van der Waals surface area contributed by atoms with E-state index >= 15 is 0 Å². The summed E-state index contributed by atoms with van der Waals surface area (Å²) in [6.07, 6.45) is 1.39. The van der Waals surface area contributed by atoms with Crippen molar-refractivity contribution in [2.75, 3.05) is 12.4 Å². The maximum Gasteiger partial charge on any atom is 0.162 e. The van der Waals surface area contributed by atoms with Gasteiger partial charge in [0, 0.05) is 30.1 Å². The molecule has 8 nitrogen and oxygen atoms in total. The van der Waals surface area contributed by atoms with Gasteiger partial charge in [-0.25, -0.2) is 24.3 Å². The summed E-state index contributed by atoms with van der Waals surface area (Å²) in [6, 6.07) is 13.7. The number of halogens is 1. The molecule has 0 saturated carbocycles. The molecule has 0 atom stereocenters. The van der Waals surface area contributed by atoms with Crippen LogP contribution in [0.5, 0.6) is 5.75 Å². The lowest BCUT2D eigenvalue weighted by Crippen LogP contribution is -2.04. The number of benzene rings is 2. The fourth-order valence-corrected chi connectivity index (χ4v) is 3.43. The number of aryl methyl sites for hydroxylation is 2. The minimum atomic E-state index is -0.291. The lowest BCUT2D eigenvalue weighted by Gasteiger charge is -2.11. The number of aromatic nitrogens is 3. The number of hydrogen-bond acceptors (Lipinski definition) is 5. The number of nitrogens with one attached hydrogen (secondary N) is 1. The first-order valence-electron chi connectivity index (χ1n) is 10.2. The van der Waals surface area contributed by atoms with Crippen LogP contribution in [0.3, 0.4) is 0 Å². The third-order valence-corrected chi connectivity index (χ3v) is 4.97. The highest BCUT2D eigenvalue weighted by Crippen LogP contribution is 2.34. The van der Waals surface area contributed by atoms with Gasteiger partial charge in [0.05, 0.1) is 18.6 Å². The summed E-state index contributed by atoms with van der Waals surface area (Å²) in [5.74, 6) is 1.41. The fourth-order valence-electron chi connectivity index (χ4n) is 3.43.